The molecule has 1 aliphatic heterocycles. The van der Waals surface area contributed by atoms with E-state index in [9.17, 15) is 15.0 Å². The number of nitrogens with zero attached hydrogens (tertiary/aromatic N) is 1. The number of phenols is 2. The summed E-state index contributed by atoms with van der Waals surface area (Å²) in [6.45, 7) is 3.88. The molecule has 2 aromatic rings. The minimum absolute atomic E-state index is 0.0658. The van der Waals surface area contributed by atoms with E-state index in [1.807, 2.05) is 6.79 Å². The summed E-state index contributed by atoms with van der Waals surface area (Å²) in [6.07, 6.45) is 3.05. The lowest BCUT2D eigenvalue weighted by molar-refractivity contribution is -0.113. The van der Waals surface area contributed by atoms with Crippen LogP contribution < -0.4 is 14.4 Å². The Morgan fingerprint density at radius 2 is 1.77 bits per heavy atom. The van der Waals surface area contributed by atoms with Crippen LogP contribution in [0.15, 0.2) is 36.4 Å². The highest BCUT2D eigenvalue weighted by Crippen LogP contribution is 2.41. The molecule has 2 aromatic carbocycles. The predicted octanol–water partition coefficient (Wildman–Crippen LogP) is 2.63. The number of carbonyl (C=O) groups is 2. The number of ether oxygens (including phenoxy) is 2. The van der Waals surface area contributed by atoms with Crippen molar-refractivity contribution >= 4 is 24.5 Å². The Labute approximate surface area is 150 Å². The number of aromatic hydroxyl groups is 2. The molecule has 0 aromatic heterocycles. The summed E-state index contributed by atoms with van der Waals surface area (Å²) in [7, 11) is 1.56. The molecule has 0 fully saturated rings. The molecule has 2 N–H and O–H groups in total. The van der Waals surface area contributed by atoms with Gasteiger partial charge in [-0.05, 0) is 36.3 Å². The van der Waals surface area contributed by atoms with E-state index in [0.717, 1.165) is 11.1 Å². The number of phenolic OH excluding ortho intramolecular Hbond substituents is 2. The van der Waals surface area contributed by atoms with Gasteiger partial charge in [-0.2, -0.15) is 0 Å². The molecule has 3 rings (SSSR count). The number of benzene rings is 2. The zero-order valence-electron chi connectivity index (χ0n) is 14.4. The molecule has 1 heterocycles. The molecule has 0 aliphatic carbocycles. The van der Waals surface area contributed by atoms with E-state index >= 15 is 0 Å². The fraction of sp³-hybridized carbons (Fsp3) is 0.158. The molecule has 0 radical (unpaired) electrons. The highest BCUT2D eigenvalue weighted by atomic mass is 16.7. The number of hydrogen-bond acceptors (Lipinski definition) is 6. The van der Waals surface area contributed by atoms with Gasteiger partial charge in [-0.3, -0.25) is 4.79 Å². The number of amides is 1. The first-order valence-corrected chi connectivity index (χ1v) is 7.62. The average Bonchev–Trinajstić information content (AvgIpc) is 3.10. The highest BCUT2D eigenvalue weighted by Gasteiger charge is 2.20. The molecular formula is C19H19NO6. The lowest BCUT2D eigenvalue weighted by Crippen LogP contribution is -2.24. The van der Waals surface area contributed by atoms with E-state index in [2.05, 4.69) is 0 Å². The van der Waals surface area contributed by atoms with Crippen LogP contribution in [-0.2, 0) is 9.59 Å². The first-order chi connectivity index (χ1) is 12.5. The number of likely N-dealkylation sites (N-methyl/N-ethyl adjacent to an activating group) is 1. The average molecular weight is 357 g/mol. The fourth-order valence-corrected chi connectivity index (χ4v) is 2.37. The van der Waals surface area contributed by atoms with Crippen molar-refractivity contribution in [3.05, 3.63) is 47.5 Å². The van der Waals surface area contributed by atoms with Gasteiger partial charge in [-0.25, -0.2) is 0 Å². The van der Waals surface area contributed by atoms with E-state index in [1.54, 1.807) is 44.3 Å². The third kappa shape index (κ3) is 3.94. The zero-order valence-corrected chi connectivity index (χ0v) is 14.4. The Morgan fingerprint density at radius 3 is 2.42 bits per heavy atom. The topological polar surface area (TPSA) is 96.3 Å². The van der Waals surface area contributed by atoms with Crippen molar-refractivity contribution in [2.24, 2.45) is 0 Å². The number of carbonyl (C=O) groups excluding carboxylic acids is 2. The molecule has 0 saturated heterocycles. The summed E-state index contributed by atoms with van der Waals surface area (Å²) < 4.78 is 10.4. The molecule has 7 heteroatoms. The van der Waals surface area contributed by atoms with Gasteiger partial charge in [0.25, 0.3) is 5.91 Å². The van der Waals surface area contributed by atoms with Crippen LogP contribution in [-0.4, -0.2) is 36.7 Å². The van der Waals surface area contributed by atoms with Crippen LogP contribution in [0.25, 0.3) is 6.08 Å². The second-order valence-electron chi connectivity index (χ2n) is 5.47. The maximum atomic E-state index is 12.3. The molecular weight excluding hydrogens is 338 g/mol. The van der Waals surface area contributed by atoms with Gasteiger partial charge in [-0.1, -0.05) is 6.07 Å². The van der Waals surface area contributed by atoms with Crippen molar-refractivity contribution in [2.75, 3.05) is 18.7 Å². The minimum atomic E-state index is -0.310. The van der Waals surface area contributed by atoms with E-state index < -0.39 is 0 Å². The van der Waals surface area contributed by atoms with Gasteiger partial charge in [0.15, 0.2) is 11.5 Å². The lowest BCUT2D eigenvalue weighted by atomic mass is 10.1. The number of hydrogen-bond donors (Lipinski definition) is 2. The van der Waals surface area contributed by atoms with Crippen molar-refractivity contribution in [1.82, 2.24) is 0 Å². The molecule has 1 aliphatic rings. The van der Waals surface area contributed by atoms with Crippen molar-refractivity contribution in [3.63, 3.8) is 0 Å². The maximum Gasteiger partial charge on any atom is 0.250 e. The molecule has 0 atom stereocenters. The van der Waals surface area contributed by atoms with Crippen LogP contribution in [0, 0.1) is 6.92 Å². The second-order valence-corrected chi connectivity index (χ2v) is 5.47. The minimum Gasteiger partial charge on any atom is -0.508 e. The van der Waals surface area contributed by atoms with Gasteiger partial charge >= 0.3 is 0 Å². The first kappa shape index (κ1) is 18.9. The van der Waals surface area contributed by atoms with E-state index in [-0.39, 0.29) is 24.2 Å². The van der Waals surface area contributed by atoms with Crippen LogP contribution in [0.1, 0.15) is 11.1 Å². The fourth-order valence-electron chi connectivity index (χ4n) is 2.37. The van der Waals surface area contributed by atoms with Gasteiger partial charge in [0, 0.05) is 25.3 Å². The standard InChI is InChI=1S/C18H17NO5.CH2O/c1-11-7-12(3-5-14(11)20)4-6-18(22)19(2)13-8-16-17(9-15(13)21)24-10-23-16;1-2/h3-9,20-21H,10H2,1-2H3;1H2/b6-4+;. The van der Waals surface area contributed by atoms with E-state index in [4.69, 9.17) is 14.3 Å². The van der Waals surface area contributed by atoms with Gasteiger partial charge in [0.05, 0.1) is 5.69 Å². The van der Waals surface area contributed by atoms with E-state index in [0.29, 0.717) is 17.2 Å². The van der Waals surface area contributed by atoms with Crippen LogP contribution in [0.4, 0.5) is 5.69 Å². The monoisotopic (exact) mass is 357 g/mol. The predicted molar refractivity (Wildman–Crippen MR) is 96.6 cm³/mol. The number of anilines is 1. The van der Waals surface area contributed by atoms with Crippen LogP contribution in [0.2, 0.25) is 0 Å². The number of aryl methyl sites for hydroxylation is 1. The molecule has 0 saturated carbocycles. The number of fused-ring (bicyclic) bond motifs is 1. The molecule has 26 heavy (non-hydrogen) atoms. The molecule has 7 nitrogen and oxygen atoms in total. The van der Waals surface area contributed by atoms with Crippen molar-refractivity contribution < 1.29 is 29.3 Å². The Balaban J connectivity index is 0.00000117. The third-order valence-electron chi connectivity index (χ3n) is 3.80. The molecule has 0 spiro atoms. The molecule has 136 valence electrons. The normalized spacial score (nSPS) is 11.8. The maximum absolute atomic E-state index is 12.3. The zero-order chi connectivity index (χ0) is 19.3. The van der Waals surface area contributed by atoms with Gasteiger partial charge in [0.1, 0.15) is 18.3 Å². The molecule has 0 unspecified atom stereocenters. The second kappa shape index (κ2) is 8.06. The van der Waals surface area contributed by atoms with Crippen LogP contribution >= 0.6 is 0 Å². The van der Waals surface area contributed by atoms with Crippen molar-refractivity contribution in [2.45, 2.75) is 6.92 Å². The molecule has 0 bridgehead atoms. The Morgan fingerprint density at radius 1 is 1.12 bits per heavy atom. The molecule has 1 amide bonds. The smallest absolute Gasteiger partial charge is 0.250 e. The van der Waals surface area contributed by atoms with Gasteiger partial charge in [0.2, 0.25) is 6.79 Å². The Hall–Kier alpha value is -3.48. The largest absolute Gasteiger partial charge is 0.508 e. The summed E-state index contributed by atoms with van der Waals surface area (Å²) >= 11 is 0. The highest BCUT2D eigenvalue weighted by molar-refractivity contribution is 6.04. The van der Waals surface area contributed by atoms with Crippen LogP contribution in [0.3, 0.4) is 0 Å². The van der Waals surface area contributed by atoms with Crippen molar-refractivity contribution in [3.8, 4) is 23.0 Å². The third-order valence-corrected chi connectivity index (χ3v) is 3.80. The van der Waals surface area contributed by atoms with E-state index in [1.165, 1.54) is 17.0 Å². The summed E-state index contributed by atoms with van der Waals surface area (Å²) in [4.78, 5) is 21.6. The number of rotatable bonds is 3. The van der Waals surface area contributed by atoms with Crippen LogP contribution in [0.5, 0.6) is 23.0 Å². The van der Waals surface area contributed by atoms with Gasteiger partial charge < -0.3 is 29.4 Å². The summed E-state index contributed by atoms with van der Waals surface area (Å²) in [5.41, 5.74) is 1.85. The quantitative estimate of drug-likeness (QED) is 0.820. The lowest BCUT2D eigenvalue weighted by Gasteiger charge is -2.17. The Bertz CT molecular complexity index is 846. The first-order valence-electron chi connectivity index (χ1n) is 7.62. The summed E-state index contributed by atoms with van der Waals surface area (Å²) in [6, 6.07) is 8.05. The summed E-state index contributed by atoms with van der Waals surface area (Å²) in [5.74, 6) is 0.771. The Kier molecular flexibility index (Phi) is 5.85. The van der Waals surface area contributed by atoms with Crippen molar-refractivity contribution in [1.29, 1.82) is 0 Å². The summed E-state index contributed by atoms with van der Waals surface area (Å²) in [5, 5.41) is 19.6. The SMILES string of the molecule is C=O.Cc1cc(/C=C/C(=O)N(C)c2cc3c(cc2O)OCO3)ccc1O. The van der Waals surface area contributed by atoms with Gasteiger partial charge in [-0.15, -0.1) is 0 Å².